The molecule has 210 valence electrons. The molecule has 4 aromatic rings. The fourth-order valence-corrected chi connectivity index (χ4v) is 6.20. The minimum atomic E-state index is -0.618. The molecule has 1 heterocycles. The third kappa shape index (κ3) is 6.83. The molecule has 0 atom stereocenters. The number of guanidine groups is 1. The molecule has 1 aliphatic rings. The minimum Gasteiger partial charge on any atom is -0.366 e. The van der Waals surface area contributed by atoms with Crippen LogP contribution in [0.2, 0.25) is 0 Å². The van der Waals surface area contributed by atoms with Gasteiger partial charge in [-0.25, -0.2) is 19.7 Å². The molecule has 0 spiro atoms. The monoisotopic (exact) mass is 635 g/mol. The number of hydrogen-bond acceptors (Lipinski definition) is 5. The third-order valence-corrected chi connectivity index (χ3v) is 8.47. The zero-order valence-corrected chi connectivity index (χ0v) is 24.3. The van der Waals surface area contributed by atoms with Crippen molar-refractivity contribution in [1.82, 2.24) is 4.98 Å². The molecule has 1 fully saturated rings. The first-order valence-electron chi connectivity index (χ1n) is 13.1. The van der Waals surface area contributed by atoms with Gasteiger partial charge in [-0.05, 0) is 66.3 Å². The Morgan fingerprint density at radius 2 is 1.80 bits per heavy atom. The standard InChI is InChI=1S/C29H27BrFN7O2S/c30-21-14-23(31)25-24(15-21)34-28(41-25)36-29(40)38(22-12-10-19(11-13-22)18-4-2-1-3-5-18)16-17-6-8-20(9-7-17)26(39)35-27(32)37-33/h6-15,18,33H,1-5,16H2,(H2,32,35,39)(H,34,36,40). The summed E-state index contributed by atoms with van der Waals surface area (Å²) >= 11 is 4.35. The lowest BCUT2D eigenvalue weighted by molar-refractivity contribution is 0.100. The number of urea groups is 1. The second-order valence-electron chi connectivity index (χ2n) is 9.78. The Bertz CT molecular complexity index is 1620. The molecule has 1 aliphatic carbocycles. The van der Waals surface area contributed by atoms with E-state index in [9.17, 15) is 14.0 Å². The summed E-state index contributed by atoms with van der Waals surface area (Å²) < 4.78 is 15.4. The van der Waals surface area contributed by atoms with E-state index in [0.29, 0.717) is 26.3 Å². The number of aromatic nitrogens is 1. The molecule has 9 nitrogen and oxygen atoms in total. The van der Waals surface area contributed by atoms with Gasteiger partial charge in [-0.3, -0.25) is 15.0 Å². The van der Waals surface area contributed by atoms with Crippen molar-refractivity contribution in [3.8, 4) is 0 Å². The molecule has 3 amide bonds. The molecule has 0 aliphatic heterocycles. The van der Waals surface area contributed by atoms with Crippen LogP contribution in [0.4, 0.5) is 20.0 Å². The maximum absolute atomic E-state index is 14.4. The molecule has 0 unspecified atom stereocenters. The van der Waals surface area contributed by atoms with E-state index in [4.69, 9.17) is 11.3 Å². The maximum Gasteiger partial charge on any atom is 0.328 e. The van der Waals surface area contributed by atoms with Gasteiger partial charge in [0.15, 0.2) is 5.13 Å². The molecule has 3 aromatic carbocycles. The highest BCUT2D eigenvalue weighted by Crippen LogP contribution is 2.34. The number of hydrogen-bond donors (Lipinski definition) is 3. The van der Waals surface area contributed by atoms with Crippen LogP contribution < -0.4 is 16.0 Å². The predicted molar refractivity (Wildman–Crippen MR) is 162 cm³/mol. The number of nitrogens with one attached hydrogen (secondary N) is 2. The molecule has 0 saturated heterocycles. The molecule has 5 rings (SSSR count). The lowest BCUT2D eigenvalue weighted by Gasteiger charge is -2.25. The van der Waals surface area contributed by atoms with Crippen molar-refractivity contribution in [2.24, 2.45) is 15.8 Å². The number of nitrogens with zero attached hydrogens (tertiary/aromatic N) is 4. The SMILES string of the molecule is N=NC(N)=NC(=O)c1ccc(CN(C(=O)Nc2nc3cc(Br)cc(F)c3s2)c2ccc(C3CCCCC3)cc2)cc1. The highest BCUT2D eigenvalue weighted by Gasteiger charge is 2.21. The van der Waals surface area contributed by atoms with Crippen molar-refractivity contribution in [2.45, 2.75) is 44.6 Å². The predicted octanol–water partition coefficient (Wildman–Crippen LogP) is 7.97. The first kappa shape index (κ1) is 28.5. The summed E-state index contributed by atoms with van der Waals surface area (Å²) in [4.78, 5) is 35.4. The number of carbonyl (C=O) groups is 2. The topological polar surface area (TPSA) is 137 Å². The highest BCUT2D eigenvalue weighted by atomic mass is 79.9. The van der Waals surface area contributed by atoms with Crippen molar-refractivity contribution >= 4 is 66.2 Å². The van der Waals surface area contributed by atoms with Crippen molar-refractivity contribution < 1.29 is 14.0 Å². The number of rotatable bonds is 6. The Labute approximate surface area is 248 Å². The van der Waals surface area contributed by atoms with Crippen LogP contribution in [-0.2, 0) is 6.54 Å². The molecule has 1 aromatic heterocycles. The van der Waals surface area contributed by atoms with Gasteiger partial charge < -0.3 is 5.73 Å². The van der Waals surface area contributed by atoms with Crippen LogP contribution in [-0.4, -0.2) is 22.9 Å². The summed E-state index contributed by atoms with van der Waals surface area (Å²) in [5.41, 5.74) is 15.6. The van der Waals surface area contributed by atoms with Gasteiger partial charge in [0.05, 0.1) is 16.8 Å². The van der Waals surface area contributed by atoms with Crippen LogP contribution in [0, 0.1) is 11.3 Å². The van der Waals surface area contributed by atoms with E-state index in [1.165, 1.54) is 43.7 Å². The Morgan fingerprint density at radius 1 is 1.10 bits per heavy atom. The largest absolute Gasteiger partial charge is 0.366 e. The molecule has 41 heavy (non-hydrogen) atoms. The summed E-state index contributed by atoms with van der Waals surface area (Å²) in [5, 5.41) is 6.05. The van der Waals surface area contributed by atoms with Gasteiger partial charge in [0.1, 0.15) is 5.82 Å². The molecule has 0 bridgehead atoms. The number of aliphatic imine (C=N–C) groups is 1. The summed E-state index contributed by atoms with van der Waals surface area (Å²) in [6, 6.07) is 17.3. The van der Waals surface area contributed by atoms with Crippen LogP contribution in [0.3, 0.4) is 0 Å². The molecule has 0 radical (unpaired) electrons. The van der Waals surface area contributed by atoms with Crippen molar-refractivity contribution in [2.75, 3.05) is 10.2 Å². The van der Waals surface area contributed by atoms with E-state index in [0.717, 1.165) is 16.9 Å². The van der Waals surface area contributed by atoms with E-state index in [-0.39, 0.29) is 17.2 Å². The van der Waals surface area contributed by atoms with Gasteiger partial charge in [0.2, 0.25) is 5.96 Å². The maximum atomic E-state index is 14.4. The molecular weight excluding hydrogens is 609 g/mol. The Balaban J connectivity index is 1.41. The number of halogens is 2. The fourth-order valence-electron chi connectivity index (χ4n) is 4.94. The summed E-state index contributed by atoms with van der Waals surface area (Å²) in [7, 11) is 0. The van der Waals surface area contributed by atoms with E-state index >= 15 is 0 Å². The molecular formula is C29H27BrFN7O2S. The number of nitrogens with two attached hydrogens (primary N) is 1. The Morgan fingerprint density at radius 3 is 2.49 bits per heavy atom. The van der Waals surface area contributed by atoms with E-state index < -0.39 is 23.7 Å². The van der Waals surface area contributed by atoms with Crippen molar-refractivity contribution in [1.29, 1.82) is 5.53 Å². The highest BCUT2D eigenvalue weighted by molar-refractivity contribution is 9.10. The first-order valence-corrected chi connectivity index (χ1v) is 14.7. The number of amides is 3. The number of anilines is 2. The van der Waals surface area contributed by atoms with Crippen LogP contribution in [0.25, 0.3) is 10.2 Å². The van der Waals surface area contributed by atoms with Gasteiger partial charge >= 0.3 is 6.03 Å². The lowest BCUT2D eigenvalue weighted by Crippen LogP contribution is -2.34. The molecule has 12 heteroatoms. The number of benzene rings is 3. The molecule has 1 saturated carbocycles. The second-order valence-corrected chi connectivity index (χ2v) is 11.7. The van der Waals surface area contributed by atoms with Crippen LogP contribution in [0.15, 0.2) is 75.2 Å². The van der Waals surface area contributed by atoms with Gasteiger partial charge in [-0.15, -0.1) is 5.11 Å². The van der Waals surface area contributed by atoms with Gasteiger partial charge in [0.25, 0.3) is 5.91 Å². The Kier molecular flexibility index (Phi) is 8.79. The normalized spacial score (nSPS) is 14.1. The smallest absolute Gasteiger partial charge is 0.328 e. The zero-order valence-electron chi connectivity index (χ0n) is 21.9. The van der Waals surface area contributed by atoms with E-state index in [1.807, 2.05) is 12.1 Å². The Hall–Kier alpha value is -4.03. The number of thiazole rings is 1. The number of carbonyl (C=O) groups excluding carboxylic acids is 2. The average Bonchev–Trinajstić information content (AvgIpc) is 3.39. The van der Waals surface area contributed by atoms with E-state index in [1.54, 1.807) is 35.2 Å². The van der Waals surface area contributed by atoms with Crippen LogP contribution >= 0.6 is 27.3 Å². The lowest BCUT2D eigenvalue weighted by atomic mass is 9.84. The van der Waals surface area contributed by atoms with Gasteiger partial charge in [-0.1, -0.05) is 70.8 Å². The second kappa shape index (κ2) is 12.6. The van der Waals surface area contributed by atoms with Gasteiger partial charge in [0, 0.05) is 15.7 Å². The van der Waals surface area contributed by atoms with Crippen molar-refractivity contribution in [3.05, 3.63) is 87.6 Å². The first-order chi connectivity index (χ1) is 19.8. The number of fused-ring (bicyclic) bond motifs is 1. The average molecular weight is 637 g/mol. The summed E-state index contributed by atoms with van der Waals surface area (Å²) in [6.07, 6.45) is 6.08. The fraction of sp³-hybridized carbons (Fsp3) is 0.241. The zero-order chi connectivity index (χ0) is 28.9. The quantitative estimate of drug-likeness (QED) is 0.112. The van der Waals surface area contributed by atoms with E-state index in [2.05, 4.69) is 48.5 Å². The summed E-state index contributed by atoms with van der Waals surface area (Å²) in [5.74, 6) is -0.935. The van der Waals surface area contributed by atoms with Gasteiger partial charge in [-0.2, -0.15) is 4.99 Å². The van der Waals surface area contributed by atoms with Crippen molar-refractivity contribution in [3.63, 3.8) is 0 Å². The van der Waals surface area contributed by atoms with Crippen LogP contribution in [0.1, 0.15) is 59.5 Å². The minimum absolute atomic E-state index is 0.196. The third-order valence-electron chi connectivity index (χ3n) is 7.02. The van der Waals surface area contributed by atoms with Crippen LogP contribution in [0.5, 0.6) is 0 Å². The molecule has 4 N–H and O–H groups in total. The summed E-state index contributed by atoms with van der Waals surface area (Å²) in [6.45, 7) is 0.196.